The zero-order valence-electron chi connectivity index (χ0n) is 12.2. The van der Waals surface area contributed by atoms with Crippen molar-refractivity contribution in [3.8, 4) is 5.75 Å². The molecule has 106 valence electrons. The molecule has 0 spiro atoms. The lowest BCUT2D eigenvalue weighted by Gasteiger charge is -2.24. The summed E-state index contributed by atoms with van der Waals surface area (Å²) in [5, 5.41) is 3.56. The van der Waals surface area contributed by atoms with Gasteiger partial charge in [0.2, 0.25) is 0 Å². The number of hydrogen-bond donors (Lipinski definition) is 1. The third-order valence-electron chi connectivity index (χ3n) is 3.79. The zero-order chi connectivity index (χ0) is 13.5. The van der Waals surface area contributed by atoms with Crippen LogP contribution in [0, 0.1) is 0 Å². The van der Waals surface area contributed by atoms with Gasteiger partial charge in [-0.2, -0.15) is 0 Å². The van der Waals surface area contributed by atoms with Crippen molar-refractivity contribution in [2.75, 3.05) is 26.2 Å². The number of likely N-dealkylation sites (tertiary alicyclic amines) is 1. The molecule has 1 saturated heterocycles. The van der Waals surface area contributed by atoms with Crippen molar-refractivity contribution < 1.29 is 4.74 Å². The van der Waals surface area contributed by atoms with Gasteiger partial charge >= 0.3 is 0 Å². The van der Waals surface area contributed by atoms with Gasteiger partial charge in [0.1, 0.15) is 5.75 Å². The lowest BCUT2D eigenvalue weighted by Crippen LogP contribution is -2.38. The van der Waals surface area contributed by atoms with E-state index in [4.69, 9.17) is 4.74 Å². The van der Waals surface area contributed by atoms with Crippen LogP contribution >= 0.6 is 0 Å². The van der Waals surface area contributed by atoms with Gasteiger partial charge in [0.25, 0.3) is 0 Å². The summed E-state index contributed by atoms with van der Waals surface area (Å²) in [6, 6.07) is 8.91. The number of hydrogen-bond acceptors (Lipinski definition) is 3. The van der Waals surface area contributed by atoms with Crippen LogP contribution < -0.4 is 10.1 Å². The van der Waals surface area contributed by atoms with Crippen molar-refractivity contribution in [1.29, 1.82) is 0 Å². The van der Waals surface area contributed by atoms with E-state index in [0.717, 1.165) is 25.4 Å². The molecule has 19 heavy (non-hydrogen) atoms. The lowest BCUT2D eigenvalue weighted by molar-refractivity contribution is 0.251. The van der Waals surface area contributed by atoms with E-state index in [1.807, 2.05) is 19.1 Å². The predicted molar refractivity (Wildman–Crippen MR) is 79.6 cm³/mol. The SMILES string of the molecule is CCOc1ccccc1CNCC(C)N1CCCC1. The number of para-hydroxylation sites is 1. The summed E-state index contributed by atoms with van der Waals surface area (Å²) in [4.78, 5) is 2.57. The first-order valence-electron chi connectivity index (χ1n) is 7.46. The summed E-state index contributed by atoms with van der Waals surface area (Å²) in [5.41, 5.74) is 1.25. The standard InChI is InChI=1S/C16H26N2O/c1-3-19-16-9-5-4-8-15(16)13-17-12-14(2)18-10-6-7-11-18/h4-5,8-9,14,17H,3,6-7,10-13H2,1-2H3. The van der Waals surface area contributed by atoms with E-state index < -0.39 is 0 Å². The number of rotatable bonds is 7. The highest BCUT2D eigenvalue weighted by Gasteiger charge is 2.17. The van der Waals surface area contributed by atoms with Crippen LogP contribution in [0.3, 0.4) is 0 Å². The molecular weight excluding hydrogens is 236 g/mol. The van der Waals surface area contributed by atoms with Gasteiger partial charge in [-0.25, -0.2) is 0 Å². The molecule has 1 aliphatic rings. The Bertz CT molecular complexity index is 375. The second kappa shape index (κ2) is 7.51. The Kier molecular flexibility index (Phi) is 5.67. The fourth-order valence-corrected chi connectivity index (χ4v) is 2.67. The van der Waals surface area contributed by atoms with Gasteiger partial charge in [-0.05, 0) is 45.8 Å². The smallest absolute Gasteiger partial charge is 0.123 e. The first kappa shape index (κ1) is 14.4. The van der Waals surface area contributed by atoms with Gasteiger partial charge in [-0.1, -0.05) is 18.2 Å². The monoisotopic (exact) mass is 262 g/mol. The molecule has 1 N–H and O–H groups in total. The minimum absolute atomic E-state index is 0.627. The maximum atomic E-state index is 5.64. The molecule has 0 bridgehead atoms. The van der Waals surface area contributed by atoms with Crippen molar-refractivity contribution in [2.24, 2.45) is 0 Å². The highest BCUT2D eigenvalue weighted by atomic mass is 16.5. The van der Waals surface area contributed by atoms with Crippen molar-refractivity contribution in [3.05, 3.63) is 29.8 Å². The predicted octanol–water partition coefficient (Wildman–Crippen LogP) is 2.66. The van der Waals surface area contributed by atoms with Crippen LogP contribution in [0.15, 0.2) is 24.3 Å². The maximum Gasteiger partial charge on any atom is 0.123 e. The Morgan fingerprint density at radius 1 is 1.26 bits per heavy atom. The van der Waals surface area contributed by atoms with Gasteiger partial charge in [-0.3, -0.25) is 4.90 Å². The van der Waals surface area contributed by atoms with Gasteiger partial charge in [0.15, 0.2) is 0 Å². The molecule has 1 fully saturated rings. The highest BCUT2D eigenvalue weighted by Crippen LogP contribution is 2.17. The largest absolute Gasteiger partial charge is 0.494 e. The minimum atomic E-state index is 0.627. The van der Waals surface area contributed by atoms with Crippen molar-refractivity contribution in [1.82, 2.24) is 10.2 Å². The maximum absolute atomic E-state index is 5.64. The number of nitrogens with one attached hydrogen (secondary N) is 1. The molecule has 0 amide bonds. The lowest BCUT2D eigenvalue weighted by atomic mass is 10.2. The molecule has 0 aliphatic carbocycles. The summed E-state index contributed by atoms with van der Waals surface area (Å²) in [6.07, 6.45) is 2.72. The molecule has 1 heterocycles. The normalized spacial score (nSPS) is 17.6. The fraction of sp³-hybridized carbons (Fsp3) is 0.625. The average molecular weight is 262 g/mol. The summed E-state index contributed by atoms with van der Waals surface area (Å²) < 4.78 is 5.64. The van der Waals surface area contributed by atoms with Crippen LogP contribution in [0.2, 0.25) is 0 Å². The van der Waals surface area contributed by atoms with Crippen LogP contribution in [-0.2, 0) is 6.54 Å². The Morgan fingerprint density at radius 2 is 2.00 bits per heavy atom. The van der Waals surface area contributed by atoms with Gasteiger partial charge in [0, 0.05) is 24.7 Å². The molecule has 2 rings (SSSR count). The zero-order valence-corrected chi connectivity index (χ0v) is 12.2. The summed E-state index contributed by atoms with van der Waals surface area (Å²) in [5.74, 6) is 1.01. The highest BCUT2D eigenvalue weighted by molar-refractivity contribution is 5.33. The van der Waals surface area contributed by atoms with Gasteiger partial charge in [0.05, 0.1) is 6.61 Å². The van der Waals surface area contributed by atoms with Crippen LogP contribution in [0.4, 0.5) is 0 Å². The second-order valence-corrected chi connectivity index (χ2v) is 5.26. The molecule has 0 aromatic heterocycles. The third-order valence-corrected chi connectivity index (χ3v) is 3.79. The summed E-state index contributed by atoms with van der Waals surface area (Å²) in [7, 11) is 0. The van der Waals surface area contributed by atoms with E-state index in [-0.39, 0.29) is 0 Å². The first-order valence-corrected chi connectivity index (χ1v) is 7.46. The topological polar surface area (TPSA) is 24.5 Å². The van der Waals surface area contributed by atoms with E-state index in [9.17, 15) is 0 Å². The molecule has 3 heteroatoms. The van der Waals surface area contributed by atoms with Crippen molar-refractivity contribution in [3.63, 3.8) is 0 Å². The Balaban J connectivity index is 1.78. The fourth-order valence-electron chi connectivity index (χ4n) is 2.67. The van der Waals surface area contributed by atoms with E-state index in [2.05, 4.69) is 29.3 Å². The van der Waals surface area contributed by atoms with E-state index >= 15 is 0 Å². The molecule has 1 aromatic rings. The molecule has 1 atom stereocenters. The van der Waals surface area contributed by atoms with Crippen LogP contribution in [0.1, 0.15) is 32.3 Å². The molecule has 3 nitrogen and oxygen atoms in total. The number of benzene rings is 1. The van der Waals surface area contributed by atoms with Gasteiger partial charge < -0.3 is 10.1 Å². The van der Waals surface area contributed by atoms with Crippen LogP contribution in [0.5, 0.6) is 5.75 Å². The second-order valence-electron chi connectivity index (χ2n) is 5.26. The molecular formula is C16H26N2O. The van der Waals surface area contributed by atoms with Crippen molar-refractivity contribution in [2.45, 2.75) is 39.3 Å². The number of ether oxygens (including phenoxy) is 1. The summed E-state index contributed by atoms with van der Waals surface area (Å²) in [6.45, 7) is 9.51. The average Bonchev–Trinajstić information content (AvgIpc) is 2.95. The molecule has 1 aliphatic heterocycles. The minimum Gasteiger partial charge on any atom is -0.494 e. The first-order chi connectivity index (χ1) is 9.31. The van der Waals surface area contributed by atoms with Crippen LogP contribution in [0.25, 0.3) is 0 Å². The van der Waals surface area contributed by atoms with E-state index in [0.29, 0.717) is 6.04 Å². The van der Waals surface area contributed by atoms with Gasteiger partial charge in [-0.15, -0.1) is 0 Å². The number of nitrogens with zero attached hydrogens (tertiary/aromatic N) is 1. The molecule has 1 aromatic carbocycles. The van der Waals surface area contributed by atoms with Crippen molar-refractivity contribution >= 4 is 0 Å². The quantitative estimate of drug-likeness (QED) is 0.817. The Labute approximate surface area is 116 Å². The van der Waals surface area contributed by atoms with Crippen LogP contribution in [-0.4, -0.2) is 37.2 Å². The van der Waals surface area contributed by atoms with E-state index in [1.165, 1.54) is 31.5 Å². The molecule has 0 radical (unpaired) electrons. The van der Waals surface area contributed by atoms with E-state index in [1.54, 1.807) is 0 Å². The molecule has 1 unspecified atom stereocenters. The Hall–Kier alpha value is -1.06. The summed E-state index contributed by atoms with van der Waals surface area (Å²) >= 11 is 0. The Morgan fingerprint density at radius 3 is 2.74 bits per heavy atom. The third kappa shape index (κ3) is 4.22. The molecule has 0 saturated carbocycles.